The van der Waals surface area contributed by atoms with Gasteiger partial charge in [0, 0.05) is 12.3 Å². The molecule has 0 heterocycles. The molecule has 2 rings (SSSR count). The standard InChI is InChI=1S/C18H21NO3/c20-13-5-4-6-15-9-11-17(12-10-15)19-18(21)22-14-16-7-2-1-3-8-16/h1-3,7-12,20H,4-6,13-14H2,(H,19,21). The first-order valence-corrected chi connectivity index (χ1v) is 7.45. The summed E-state index contributed by atoms with van der Waals surface area (Å²) in [6.07, 6.45) is 2.24. The lowest BCUT2D eigenvalue weighted by atomic mass is 10.1. The molecule has 0 aliphatic heterocycles. The lowest BCUT2D eigenvalue weighted by Gasteiger charge is -2.08. The van der Waals surface area contributed by atoms with Crippen molar-refractivity contribution in [3.63, 3.8) is 0 Å². The van der Waals surface area contributed by atoms with Gasteiger partial charge in [-0.15, -0.1) is 0 Å². The Balaban J connectivity index is 1.76. The lowest BCUT2D eigenvalue weighted by Crippen LogP contribution is -2.13. The molecule has 4 nitrogen and oxygen atoms in total. The molecule has 0 unspecified atom stereocenters. The fourth-order valence-corrected chi connectivity index (χ4v) is 2.07. The number of aliphatic hydroxyl groups excluding tert-OH is 1. The Morgan fingerprint density at radius 3 is 2.36 bits per heavy atom. The monoisotopic (exact) mass is 299 g/mol. The number of ether oxygens (including phenoxy) is 1. The summed E-state index contributed by atoms with van der Waals surface area (Å²) in [7, 11) is 0. The number of nitrogens with one attached hydrogen (secondary N) is 1. The number of rotatable bonds is 7. The van der Waals surface area contributed by atoms with Crippen LogP contribution in [-0.4, -0.2) is 17.8 Å². The van der Waals surface area contributed by atoms with Gasteiger partial charge in [-0.3, -0.25) is 5.32 Å². The maximum absolute atomic E-state index is 11.7. The van der Waals surface area contributed by atoms with Gasteiger partial charge in [0.15, 0.2) is 0 Å². The van der Waals surface area contributed by atoms with Gasteiger partial charge in [0.2, 0.25) is 0 Å². The fraction of sp³-hybridized carbons (Fsp3) is 0.278. The zero-order valence-corrected chi connectivity index (χ0v) is 12.5. The minimum absolute atomic E-state index is 0.229. The second-order valence-electron chi connectivity index (χ2n) is 5.06. The van der Waals surface area contributed by atoms with Gasteiger partial charge in [-0.25, -0.2) is 4.79 Å². The van der Waals surface area contributed by atoms with E-state index < -0.39 is 6.09 Å². The Labute approximate surface area is 130 Å². The number of aliphatic hydroxyl groups is 1. The normalized spacial score (nSPS) is 10.2. The van der Waals surface area contributed by atoms with E-state index in [0.717, 1.165) is 24.8 Å². The first-order chi connectivity index (χ1) is 10.8. The molecule has 0 bridgehead atoms. The van der Waals surface area contributed by atoms with Crippen molar-refractivity contribution < 1.29 is 14.6 Å². The molecule has 1 amide bonds. The Hall–Kier alpha value is -2.33. The number of amides is 1. The van der Waals surface area contributed by atoms with Crippen molar-refractivity contribution in [3.05, 3.63) is 65.7 Å². The maximum Gasteiger partial charge on any atom is 0.411 e. The summed E-state index contributed by atoms with van der Waals surface area (Å²) in [4.78, 5) is 11.7. The van der Waals surface area contributed by atoms with Crippen LogP contribution in [0.2, 0.25) is 0 Å². The molecular weight excluding hydrogens is 278 g/mol. The van der Waals surface area contributed by atoms with Crippen molar-refractivity contribution in [1.82, 2.24) is 0 Å². The quantitative estimate of drug-likeness (QED) is 0.765. The molecular formula is C18H21NO3. The molecule has 0 aliphatic carbocycles. The largest absolute Gasteiger partial charge is 0.444 e. The molecule has 2 N–H and O–H groups in total. The molecule has 0 aromatic heterocycles. The number of aryl methyl sites for hydroxylation is 1. The third-order valence-corrected chi connectivity index (χ3v) is 3.29. The van der Waals surface area contributed by atoms with E-state index >= 15 is 0 Å². The predicted octanol–water partition coefficient (Wildman–Crippen LogP) is 3.75. The summed E-state index contributed by atoms with van der Waals surface area (Å²) in [5, 5.41) is 11.5. The molecule has 4 heteroatoms. The molecule has 0 atom stereocenters. The number of benzene rings is 2. The average Bonchev–Trinajstić information content (AvgIpc) is 2.56. The minimum Gasteiger partial charge on any atom is -0.444 e. The van der Waals surface area contributed by atoms with Crippen LogP contribution in [0.25, 0.3) is 0 Å². The summed E-state index contributed by atoms with van der Waals surface area (Å²) in [6.45, 7) is 0.485. The van der Waals surface area contributed by atoms with E-state index in [1.165, 1.54) is 5.56 Å². The van der Waals surface area contributed by atoms with Crippen LogP contribution in [0.5, 0.6) is 0 Å². The van der Waals surface area contributed by atoms with E-state index in [2.05, 4.69) is 5.32 Å². The SMILES string of the molecule is O=C(Nc1ccc(CCCCO)cc1)OCc1ccccc1. The first-order valence-electron chi connectivity index (χ1n) is 7.45. The first kappa shape index (κ1) is 16.0. The second kappa shape index (κ2) is 8.85. The van der Waals surface area contributed by atoms with Crippen LogP contribution in [-0.2, 0) is 17.8 Å². The third kappa shape index (κ3) is 5.58. The highest BCUT2D eigenvalue weighted by Crippen LogP contribution is 2.12. The van der Waals surface area contributed by atoms with Gasteiger partial charge in [0.05, 0.1) is 0 Å². The fourth-order valence-electron chi connectivity index (χ4n) is 2.07. The Morgan fingerprint density at radius 1 is 0.955 bits per heavy atom. The zero-order chi connectivity index (χ0) is 15.6. The van der Waals surface area contributed by atoms with Gasteiger partial charge >= 0.3 is 6.09 Å². The molecule has 0 spiro atoms. The highest BCUT2D eigenvalue weighted by Gasteiger charge is 2.03. The van der Waals surface area contributed by atoms with Crippen LogP contribution in [0.1, 0.15) is 24.0 Å². The lowest BCUT2D eigenvalue weighted by molar-refractivity contribution is 0.155. The van der Waals surface area contributed by atoms with Gasteiger partial charge in [0.1, 0.15) is 6.61 Å². The summed E-state index contributed by atoms with van der Waals surface area (Å²) in [5.41, 5.74) is 2.86. The minimum atomic E-state index is -0.461. The van der Waals surface area contributed by atoms with Crippen LogP contribution in [0, 0.1) is 0 Å². The number of carbonyl (C=O) groups excluding carboxylic acids is 1. The smallest absolute Gasteiger partial charge is 0.411 e. The van der Waals surface area contributed by atoms with Crippen molar-refractivity contribution in [3.8, 4) is 0 Å². The van der Waals surface area contributed by atoms with Crippen molar-refractivity contribution in [1.29, 1.82) is 0 Å². The van der Waals surface area contributed by atoms with E-state index in [1.54, 1.807) is 0 Å². The Kier molecular flexibility index (Phi) is 6.45. The number of anilines is 1. The molecule has 0 aliphatic rings. The van der Waals surface area contributed by atoms with E-state index in [0.29, 0.717) is 5.69 Å². The highest BCUT2D eigenvalue weighted by atomic mass is 16.5. The molecule has 0 saturated heterocycles. The topological polar surface area (TPSA) is 58.6 Å². The van der Waals surface area contributed by atoms with Crippen LogP contribution in [0.4, 0.5) is 10.5 Å². The number of hydrogen-bond acceptors (Lipinski definition) is 3. The molecule has 0 radical (unpaired) electrons. The summed E-state index contributed by atoms with van der Waals surface area (Å²) >= 11 is 0. The predicted molar refractivity (Wildman–Crippen MR) is 86.7 cm³/mol. The second-order valence-corrected chi connectivity index (χ2v) is 5.06. The van der Waals surface area contributed by atoms with Crippen LogP contribution in [0.3, 0.4) is 0 Å². The number of unbranched alkanes of at least 4 members (excludes halogenated alkanes) is 1. The van der Waals surface area contributed by atoms with Crippen molar-refractivity contribution >= 4 is 11.8 Å². The van der Waals surface area contributed by atoms with Crippen LogP contribution < -0.4 is 5.32 Å². The van der Waals surface area contributed by atoms with Gasteiger partial charge in [0.25, 0.3) is 0 Å². The Morgan fingerprint density at radius 2 is 1.68 bits per heavy atom. The molecule has 0 saturated carbocycles. The summed E-state index contributed by atoms with van der Waals surface area (Å²) in [6, 6.07) is 17.2. The van der Waals surface area contributed by atoms with E-state index in [4.69, 9.17) is 9.84 Å². The van der Waals surface area contributed by atoms with Gasteiger partial charge < -0.3 is 9.84 Å². The van der Waals surface area contributed by atoms with E-state index in [9.17, 15) is 4.79 Å². The third-order valence-electron chi connectivity index (χ3n) is 3.29. The number of carbonyl (C=O) groups is 1. The van der Waals surface area contributed by atoms with Gasteiger partial charge in [-0.05, 0) is 42.5 Å². The van der Waals surface area contributed by atoms with E-state index in [-0.39, 0.29) is 13.2 Å². The van der Waals surface area contributed by atoms with Gasteiger partial charge in [-0.1, -0.05) is 42.5 Å². The molecule has 116 valence electrons. The maximum atomic E-state index is 11.7. The van der Waals surface area contributed by atoms with Gasteiger partial charge in [-0.2, -0.15) is 0 Å². The average molecular weight is 299 g/mol. The molecule has 2 aromatic carbocycles. The number of hydrogen-bond donors (Lipinski definition) is 2. The molecule has 0 fully saturated rings. The summed E-state index contributed by atoms with van der Waals surface area (Å²) < 4.78 is 5.16. The van der Waals surface area contributed by atoms with E-state index in [1.807, 2.05) is 54.6 Å². The molecule has 22 heavy (non-hydrogen) atoms. The zero-order valence-electron chi connectivity index (χ0n) is 12.5. The molecule has 2 aromatic rings. The van der Waals surface area contributed by atoms with Crippen molar-refractivity contribution in [2.75, 3.05) is 11.9 Å². The van der Waals surface area contributed by atoms with Crippen LogP contribution >= 0.6 is 0 Å². The van der Waals surface area contributed by atoms with Crippen molar-refractivity contribution in [2.45, 2.75) is 25.9 Å². The Bertz CT molecular complexity index is 567. The van der Waals surface area contributed by atoms with Crippen molar-refractivity contribution in [2.24, 2.45) is 0 Å². The van der Waals surface area contributed by atoms with Crippen LogP contribution in [0.15, 0.2) is 54.6 Å². The summed E-state index contributed by atoms with van der Waals surface area (Å²) in [5.74, 6) is 0. The highest BCUT2D eigenvalue weighted by molar-refractivity contribution is 5.84.